The van der Waals surface area contributed by atoms with Gasteiger partial charge in [0.1, 0.15) is 5.54 Å². The van der Waals surface area contributed by atoms with Crippen LogP contribution in [-0.4, -0.2) is 40.1 Å². The summed E-state index contributed by atoms with van der Waals surface area (Å²) in [5.74, 6) is -2.65. The third-order valence-electron chi connectivity index (χ3n) is 7.79. The number of rotatable bonds is 3. The summed E-state index contributed by atoms with van der Waals surface area (Å²) >= 11 is 0. The molecule has 1 spiro atoms. The minimum absolute atomic E-state index is 0.175. The average Bonchev–Trinajstić information content (AvgIpc) is 3.51. The van der Waals surface area contributed by atoms with Crippen molar-refractivity contribution in [3.8, 4) is 0 Å². The molecule has 9 nitrogen and oxygen atoms in total. The summed E-state index contributed by atoms with van der Waals surface area (Å²) in [7, 11) is 0. The molecule has 168 valence electrons. The number of aryl methyl sites for hydroxylation is 1. The van der Waals surface area contributed by atoms with Crippen molar-refractivity contribution in [2.75, 3.05) is 16.8 Å². The summed E-state index contributed by atoms with van der Waals surface area (Å²) in [6, 6.07) is 11.1. The van der Waals surface area contributed by atoms with Gasteiger partial charge in [-0.2, -0.15) is 0 Å². The number of hydrogen-bond acceptors (Lipinski definition) is 6. The summed E-state index contributed by atoms with van der Waals surface area (Å²) in [4.78, 5) is 55.2. The van der Waals surface area contributed by atoms with E-state index in [-0.39, 0.29) is 29.2 Å². The first-order valence-electron chi connectivity index (χ1n) is 11.2. The van der Waals surface area contributed by atoms with Gasteiger partial charge in [0.2, 0.25) is 17.7 Å². The minimum Gasteiger partial charge on any atom is -0.324 e. The van der Waals surface area contributed by atoms with E-state index >= 15 is 0 Å². The van der Waals surface area contributed by atoms with E-state index in [4.69, 9.17) is 0 Å². The van der Waals surface area contributed by atoms with Crippen LogP contribution in [0.2, 0.25) is 0 Å². The molecule has 9 heteroatoms. The van der Waals surface area contributed by atoms with Crippen molar-refractivity contribution in [2.45, 2.75) is 37.8 Å². The molecular weight excluding hydrogens is 424 g/mol. The number of non-ortho nitro benzene ring substituents is 1. The molecule has 6 rings (SSSR count). The number of hydrogen-bond donors (Lipinski definition) is 1. The number of nitro groups is 1. The van der Waals surface area contributed by atoms with Crippen LogP contribution in [0, 0.1) is 22.0 Å². The van der Waals surface area contributed by atoms with E-state index in [9.17, 15) is 24.5 Å². The van der Waals surface area contributed by atoms with Crippen LogP contribution < -0.4 is 10.2 Å². The second kappa shape index (κ2) is 6.71. The molecule has 3 saturated heterocycles. The molecule has 4 aliphatic heterocycles. The lowest BCUT2D eigenvalue weighted by Gasteiger charge is -2.36. The first-order valence-corrected chi connectivity index (χ1v) is 11.2. The van der Waals surface area contributed by atoms with Gasteiger partial charge in [-0.1, -0.05) is 31.2 Å². The maximum atomic E-state index is 13.9. The van der Waals surface area contributed by atoms with Crippen LogP contribution >= 0.6 is 0 Å². The molecule has 0 aliphatic carbocycles. The van der Waals surface area contributed by atoms with Gasteiger partial charge >= 0.3 is 0 Å². The lowest BCUT2D eigenvalue weighted by Crippen LogP contribution is -2.54. The minimum atomic E-state index is -1.24. The van der Waals surface area contributed by atoms with Crippen LogP contribution in [0.5, 0.6) is 0 Å². The maximum Gasteiger partial charge on any atom is 0.271 e. The number of carbonyl (C=O) groups excluding carboxylic acids is 3. The third-order valence-corrected chi connectivity index (χ3v) is 7.79. The number of amides is 3. The van der Waals surface area contributed by atoms with Gasteiger partial charge in [-0.05, 0) is 37.4 Å². The maximum absolute atomic E-state index is 13.9. The predicted octanol–water partition coefficient (Wildman–Crippen LogP) is 2.59. The standard InChI is InChI=1S/C24H22N4O5/c1-2-13-6-3-9-16-20(13)25-23(31)24(16)19-18(17-10-5-11-26(17)24)21(29)27(22(19)30)14-7-4-8-15(12-14)28(32)33/h3-4,6-9,12,17-19H,2,5,10-11H2,1H3,(H,25,31)/t17-,18-,19+,24+/m1/s1. The van der Waals surface area contributed by atoms with Crippen molar-refractivity contribution >= 4 is 34.8 Å². The smallest absolute Gasteiger partial charge is 0.271 e. The summed E-state index contributed by atoms with van der Waals surface area (Å²) in [5.41, 5.74) is 1.23. The molecule has 0 radical (unpaired) electrons. The lowest BCUT2D eigenvalue weighted by molar-refractivity contribution is -0.384. The van der Waals surface area contributed by atoms with E-state index < -0.39 is 28.2 Å². The van der Waals surface area contributed by atoms with Crippen LogP contribution in [0.25, 0.3) is 0 Å². The monoisotopic (exact) mass is 446 g/mol. The Morgan fingerprint density at radius 2 is 1.94 bits per heavy atom. The number of nitro benzene ring substituents is 1. The Morgan fingerprint density at radius 3 is 2.70 bits per heavy atom. The van der Waals surface area contributed by atoms with Crippen molar-refractivity contribution in [3.05, 3.63) is 63.7 Å². The highest BCUT2D eigenvalue weighted by Crippen LogP contribution is 2.61. The van der Waals surface area contributed by atoms with Crippen LogP contribution in [0.4, 0.5) is 17.1 Å². The Kier molecular flexibility index (Phi) is 4.08. The van der Waals surface area contributed by atoms with Gasteiger partial charge in [0.05, 0.1) is 22.4 Å². The normalized spacial score (nSPS) is 30.0. The average molecular weight is 446 g/mol. The van der Waals surface area contributed by atoms with E-state index in [0.29, 0.717) is 6.54 Å². The molecule has 4 aliphatic rings. The first-order chi connectivity index (χ1) is 15.9. The third kappa shape index (κ3) is 2.32. The highest BCUT2D eigenvalue weighted by molar-refractivity contribution is 6.26. The lowest BCUT2D eigenvalue weighted by atomic mass is 9.75. The molecule has 3 amide bonds. The molecule has 3 fully saturated rings. The van der Waals surface area contributed by atoms with Gasteiger partial charge in [0, 0.05) is 29.4 Å². The van der Waals surface area contributed by atoms with Crippen molar-refractivity contribution in [1.82, 2.24) is 4.90 Å². The summed E-state index contributed by atoms with van der Waals surface area (Å²) in [6.45, 7) is 2.65. The van der Waals surface area contributed by atoms with Crippen molar-refractivity contribution in [1.29, 1.82) is 0 Å². The highest BCUT2D eigenvalue weighted by Gasteiger charge is 2.74. The zero-order valence-electron chi connectivity index (χ0n) is 18.0. The second-order valence-electron chi connectivity index (χ2n) is 9.11. The molecule has 0 aromatic heterocycles. The topological polar surface area (TPSA) is 113 Å². The van der Waals surface area contributed by atoms with Gasteiger partial charge < -0.3 is 5.32 Å². The molecule has 0 unspecified atom stereocenters. The zero-order chi connectivity index (χ0) is 23.1. The van der Waals surface area contributed by atoms with E-state index in [1.165, 1.54) is 24.3 Å². The fraction of sp³-hybridized carbons (Fsp3) is 0.375. The Bertz CT molecular complexity index is 1260. The van der Waals surface area contributed by atoms with Crippen molar-refractivity contribution < 1.29 is 19.3 Å². The Hall–Kier alpha value is -3.59. The molecule has 4 atom stereocenters. The summed E-state index contributed by atoms with van der Waals surface area (Å²) in [6.07, 6.45) is 2.29. The van der Waals surface area contributed by atoms with E-state index in [0.717, 1.165) is 41.0 Å². The van der Waals surface area contributed by atoms with Crippen molar-refractivity contribution in [2.24, 2.45) is 11.8 Å². The van der Waals surface area contributed by atoms with E-state index in [1.807, 2.05) is 25.1 Å². The molecule has 4 heterocycles. The Morgan fingerprint density at radius 1 is 1.15 bits per heavy atom. The van der Waals surface area contributed by atoms with Gasteiger partial charge in [-0.25, -0.2) is 4.90 Å². The fourth-order valence-corrected chi connectivity index (χ4v) is 6.59. The molecule has 0 saturated carbocycles. The molecule has 0 bridgehead atoms. The van der Waals surface area contributed by atoms with Crippen molar-refractivity contribution in [3.63, 3.8) is 0 Å². The Labute approximate surface area is 189 Å². The molecule has 1 N–H and O–H groups in total. The molecule has 33 heavy (non-hydrogen) atoms. The Balaban J connectivity index is 1.54. The van der Waals surface area contributed by atoms with Crippen LogP contribution in [-0.2, 0) is 26.3 Å². The second-order valence-corrected chi connectivity index (χ2v) is 9.11. The quantitative estimate of drug-likeness (QED) is 0.441. The number of benzene rings is 2. The van der Waals surface area contributed by atoms with Gasteiger partial charge in [0.25, 0.3) is 5.69 Å². The van der Waals surface area contributed by atoms with E-state index in [2.05, 4.69) is 10.2 Å². The van der Waals surface area contributed by atoms with Gasteiger partial charge in [-0.15, -0.1) is 0 Å². The molecule has 2 aromatic rings. The SMILES string of the molecule is CCc1cccc2c1NC(=O)[C@@]21[C@@H]2C(=O)N(c3cccc([N+](=O)[O-])c3)C(=O)[C@@H]2[C@H]2CCCN21. The fourth-order valence-electron chi connectivity index (χ4n) is 6.59. The van der Waals surface area contributed by atoms with Crippen LogP contribution in [0.1, 0.15) is 30.9 Å². The number of para-hydroxylation sites is 1. The molecular formula is C24H22N4O5. The number of nitrogens with zero attached hydrogens (tertiary/aromatic N) is 3. The number of fused-ring (bicyclic) bond motifs is 7. The predicted molar refractivity (Wildman–Crippen MR) is 118 cm³/mol. The number of carbonyl (C=O) groups is 3. The summed E-state index contributed by atoms with van der Waals surface area (Å²) < 4.78 is 0. The molecule has 2 aromatic carbocycles. The number of anilines is 2. The van der Waals surface area contributed by atoms with Crippen LogP contribution in [0.15, 0.2) is 42.5 Å². The number of nitrogens with one attached hydrogen (secondary N) is 1. The first kappa shape index (κ1) is 20.0. The number of imide groups is 1. The van der Waals surface area contributed by atoms with Gasteiger partial charge in [-0.3, -0.25) is 29.4 Å². The zero-order valence-corrected chi connectivity index (χ0v) is 18.0. The van der Waals surface area contributed by atoms with E-state index in [1.54, 1.807) is 0 Å². The summed E-state index contributed by atoms with van der Waals surface area (Å²) in [5, 5.41) is 14.3. The van der Waals surface area contributed by atoms with Crippen LogP contribution in [0.3, 0.4) is 0 Å². The van der Waals surface area contributed by atoms with Gasteiger partial charge in [0.15, 0.2) is 0 Å². The largest absolute Gasteiger partial charge is 0.324 e. The highest BCUT2D eigenvalue weighted by atomic mass is 16.6.